The maximum Gasteiger partial charge on any atom is 0.184 e. The fraction of sp³-hybridized carbons (Fsp3) is 0.500. The number of methoxy groups -OCH3 is 2. The number of ether oxygens (including phenoxy) is 4. The molecule has 2 aromatic rings. The van der Waals surface area contributed by atoms with Crippen molar-refractivity contribution in [3.8, 4) is 11.5 Å². The third-order valence-electron chi connectivity index (χ3n) is 4.93. The van der Waals surface area contributed by atoms with Crippen molar-refractivity contribution in [2.45, 2.75) is 56.1 Å². The van der Waals surface area contributed by atoms with E-state index < -0.39 is 0 Å². The van der Waals surface area contributed by atoms with Gasteiger partial charge in [-0.1, -0.05) is 52.4 Å². The number of benzene rings is 2. The number of rotatable bonds is 5. The van der Waals surface area contributed by atoms with Crippen molar-refractivity contribution in [2.24, 2.45) is 5.41 Å². The summed E-state index contributed by atoms with van der Waals surface area (Å²) >= 11 is 1.67. The monoisotopic (exact) mass is 416 g/mol. The fourth-order valence-corrected chi connectivity index (χ4v) is 4.14. The highest BCUT2D eigenvalue weighted by molar-refractivity contribution is 7.99. The Balaban J connectivity index is 1.98. The molecule has 1 fully saturated rings. The Morgan fingerprint density at radius 2 is 1.52 bits per heavy atom. The van der Waals surface area contributed by atoms with Crippen LogP contribution >= 0.6 is 11.8 Å². The molecule has 3 rings (SSSR count). The molecule has 0 atom stereocenters. The molecule has 1 aliphatic heterocycles. The third kappa shape index (κ3) is 5.47. The van der Waals surface area contributed by atoms with Gasteiger partial charge in [-0.2, -0.15) is 0 Å². The fourth-order valence-electron chi connectivity index (χ4n) is 3.13. The molecule has 0 unspecified atom stereocenters. The van der Waals surface area contributed by atoms with Gasteiger partial charge in [-0.05, 0) is 35.2 Å². The Morgan fingerprint density at radius 3 is 2.03 bits per heavy atom. The Labute approximate surface area is 178 Å². The average molecular weight is 417 g/mol. The summed E-state index contributed by atoms with van der Waals surface area (Å²) in [6.07, 6.45) is -0.361. The lowest BCUT2D eigenvalue weighted by Crippen LogP contribution is -2.34. The zero-order valence-corrected chi connectivity index (χ0v) is 19.3. The smallest absolute Gasteiger partial charge is 0.184 e. The van der Waals surface area contributed by atoms with Crippen molar-refractivity contribution in [1.29, 1.82) is 0 Å². The first-order valence-corrected chi connectivity index (χ1v) is 10.7. The van der Waals surface area contributed by atoms with E-state index in [9.17, 15) is 0 Å². The standard InChI is InChI=1S/C24H32O4S/c1-23(2,3)16-8-9-21(20(10-16)22-27-14-24(4,5)15-28-22)29-19-12-17(25-6)11-18(13-19)26-7/h8-13,22H,14-15H2,1-7H3. The molecule has 5 heteroatoms. The Kier molecular flexibility index (Phi) is 6.51. The van der Waals surface area contributed by atoms with Gasteiger partial charge in [-0.25, -0.2) is 0 Å². The van der Waals surface area contributed by atoms with Crippen molar-refractivity contribution < 1.29 is 18.9 Å². The molecule has 1 saturated heterocycles. The van der Waals surface area contributed by atoms with Crippen LogP contribution in [0.4, 0.5) is 0 Å². The van der Waals surface area contributed by atoms with Gasteiger partial charge in [0, 0.05) is 26.8 Å². The predicted octanol–water partition coefficient (Wildman–Crippen LogP) is 6.22. The van der Waals surface area contributed by atoms with Gasteiger partial charge in [0.05, 0.1) is 27.4 Å². The Hall–Kier alpha value is -1.69. The van der Waals surface area contributed by atoms with Gasteiger partial charge in [0.1, 0.15) is 11.5 Å². The minimum absolute atomic E-state index is 0.0333. The molecule has 0 N–H and O–H groups in total. The molecule has 4 nitrogen and oxygen atoms in total. The lowest BCUT2D eigenvalue weighted by atomic mass is 9.86. The summed E-state index contributed by atoms with van der Waals surface area (Å²) in [5.41, 5.74) is 2.41. The number of hydrogen-bond acceptors (Lipinski definition) is 5. The van der Waals surface area contributed by atoms with E-state index in [4.69, 9.17) is 18.9 Å². The molecule has 0 bridgehead atoms. The van der Waals surface area contributed by atoms with Crippen LogP contribution in [0.3, 0.4) is 0 Å². The SMILES string of the molecule is COc1cc(OC)cc(Sc2ccc(C(C)(C)C)cc2C2OCC(C)(C)CO2)c1. The summed E-state index contributed by atoms with van der Waals surface area (Å²) in [5, 5.41) is 0. The summed E-state index contributed by atoms with van der Waals surface area (Å²) in [4.78, 5) is 2.15. The molecule has 2 aromatic carbocycles. The van der Waals surface area contributed by atoms with Gasteiger partial charge in [0.25, 0.3) is 0 Å². The lowest BCUT2D eigenvalue weighted by Gasteiger charge is -2.35. The second-order valence-electron chi connectivity index (χ2n) is 9.27. The van der Waals surface area contributed by atoms with Crippen LogP contribution in [0.1, 0.15) is 52.0 Å². The van der Waals surface area contributed by atoms with E-state index in [1.165, 1.54) is 5.56 Å². The normalized spacial score (nSPS) is 17.2. The summed E-state index contributed by atoms with van der Waals surface area (Å²) in [6.45, 7) is 12.3. The maximum atomic E-state index is 6.13. The maximum absolute atomic E-state index is 6.13. The van der Waals surface area contributed by atoms with E-state index in [0.717, 1.165) is 26.9 Å². The second-order valence-corrected chi connectivity index (χ2v) is 10.4. The molecule has 1 heterocycles. The molecule has 0 amide bonds. The molecular formula is C24H32O4S. The molecule has 0 spiro atoms. The molecular weight excluding hydrogens is 384 g/mol. The van der Waals surface area contributed by atoms with Crippen molar-refractivity contribution in [3.05, 3.63) is 47.5 Å². The summed E-state index contributed by atoms with van der Waals surface area (Å²) < 4.78 is 23.1. The van der Waals surface area contributed by atoms with E-state index in [1.54, 1.807) is 26.0 Å². The van der Waals surface area contributed by atoms with E-state index >= 15 is 0 Å². The van der Waals surface area contributed by atoms with E-state index in [-0.39, 0.29) is 17.1 Å². The van der Waals surface area contributed by atoms with Crippen LogP contribution < -0.4 is 9.47 Å². The minimum Gasteiger partial charge on any atom is -0.497 e. The van der Waals surface area contributed by atoms with Crippen LogP contribution in [-0.4, -0.2) is 27.4 Å². The molecule has 158 valence electrons. The van der Waals surface area contributed by atoms with E-state index in [0.29, 0.717) is 13.2 Å². The van der Waals surface area contributed by atoms with Crippen molar-refractivity contribution >= 4 is 11.8 Å². The van der Waals surface area contributed by atoms with Crippen molar-refractivity contribution in [3.63, 3.8) is 0 Å². The first-order chi connectivity index (χ1) is 13.6. The lowest BCUT2D eigenvalue weighted by molar-refractivity contribution is -0.227. The van der Waals surface area contributed by atoms with Crippen molar-refractivity contribution in [1.82, 2.24) is 0 Å². The molecule has 0 aliphatic carbocycles. The molecule has 0 radical (unpaired) electrons. The van der Waals surface area contributed by atoms with Gasteiger partial charge < -0.3 is 18.9 Å². The molecule has 0 aromatic heterocycles. The van der Waals surface area contributed by atoms with E-state index in [2.05, 4.69) is 52.8 Å². The first-order valence-electron chi connectivity index (χ1n) is 9.90. The van der Waals surface area contributed by atoms with E-state index in [1.807, 2.05) is 18.2 Å². The van der Waals surface area contributed by atoms with Gasteiger partial charge in [-0.3, -0.25) is 0 Å². The predicted molar refractivity (Wildman–Crippen MR) is 117 cm³/mol. The van der Waals surface area contributed by atoms with Gasteiger partial charge in [0.15, 0.2) is 6.29 Å². The second kappa shape index (κ2) is 8.58. The largest absolute Gasteiger partial charge is 0.497 e. The quantitative estimate of drug-likeness (QED) is 0.578. The number of hydrogen-bond donors (Lipinski definition) is 0. The van der Waals surface area contributed by atoms with Crippen LogP contribution in [0.2, 0.25) is 0 Å². The highest BCUT2D eigenvalue weighted by atomic mass is 32.2. The van der Waals surface area contributed by atoms with Gasteiger partial charge in [-0.15, -0.1) is 0 Å². The summed E-state index contributed by atoms with van der Waals surface area (Å²) in [7, 11) is 3.33. The van der Waals surface area contributed by atoms with Gasteiger partial charge in [0.2, 0.25) is 0 Å². The molecule has 0 saturated carbocycles. The molecule has 29 heavy (non-hydrogen) atoms. The van der Waals surface area contributed by atoms with Crippen molar-refractivity contribution in [2.75, 3.05) is 27.4 Å². The highest BCUT2D eigenvalue weighted by Crippen LogP contribution is 2.41. The topological polar surface area (TPSA) is 36.9 Å². The van der Waals surface area contributed by atoms with Crippen LogP contribution in [-0.2, 0) is 14.9 Å². The Bertz CT molecular complexity index is 822. The Morgan fingerprint density at radius 1 is 0.931 bits per heavy atom. The minimum atomic E-state index is -0.361. The third-order valence-corrected chi connectivity index (χ3v) is 6.00. The molecule has 1 aliphatic rings. The van der Waals surface area contributed by atoms with Crippen LogP contribution in [0.25, 0.3) is 0 Å². The van der Waals surface area contributed by atoms with Crippen LogP contribution in [0, 0.1) is 5.41 Å². The van der Waals surface area contributed by atoms with Crippen LogP contribution in [0.15, 0.2) is 46.2 Å². The summed E-state index contributed by atoms with van der Waals surface area (Å²) in [6, 6.07) is 12.5. The average Bonchev–Trinajstić information content (AvgIpc) is 2.67. The summed E-state index contributed by atoms with van der Waals surface area (Å²) in [5.74, 6) is 1.54. The first kappa shape index (κ1) is 22.0. The van der Waals surface area contributed by atoms with Gasteiger partial charge >= 0.3 is 0 Å². The van der Waals surface area contributed by atoms with Crippen LogP contribution in [0.5, 0.6) is 11.5 Å². The zero-order valence-electron chi connectivity index (χ0n) is 18.5. The zero-order chi connectivity index (χ0) is 21.2. The highest BCUT2D eigenvalue weighted by Gasteiger charge is 2.31.